The van der Waals surface area contributed by atoms with Crippen LogP contribution < -0.4 is 10.6 Å². The number of hydrogen-bond donors (Lipinski definition) is 3. The van der Waals surface area contributed by atoms with Crippen molar-refractivity contribution >= 4 is 29.2 Å². The molecule has 1 aromatic rings. The van der Waals surface area contributed by atoms with Gasteiger partial charge in [-0.05, 0) is 31.6 Å². The number of benzene rings is 1. The molecule has 0 radical (unpaired) electrons. The second-order valence-electron chi connectivity index (χ2n) is 6.94. The number of nitrogens with zero attached hydrogens (tertiary/aromatic N) is 1. The molecule has 0 bridgehead atoms. The van der Waals surface area contributed by atoms with Crippen molar-refractivity contribution in [1.82, 2.24) is 4.90 Å². The molecular weight excluding hydrogens is 310 g/mol. The van der Waals surface area contributed by atoms with Gasteiger partial charge in [-0.25, -0.2) is 0 Å². The monoisotopic (exact) mass is 333 g/mol. The minimum atomic E-state index is -0.965. The fourth-order valence-corrected chi connectivity index (χ4v) is 2.98. The number of anilines is 2. The van der Waals surface area contributed by atoms with Crippen LogP contribution in [0.4, 0.5) is 11.4 Å². The minimum Gasteiger partial charge on any atom is -0.481 e. The predicted molar refractivity (Wildman–Crippen MR) is 90.7 cm³/mol. The summed E-state index contributed by atoms with van der Waals surface area (Å²) in [6.07, 6.45) is 0. The second-order valence-corrected chi connectivity index (χ2v) is 6.94. The Labute approximate surface area is 141 Å². The first-order valence-corrected chi connectivity index (χ1v) is 7.72. The molecule has 1 fully saturated rings. The molecule has 1 saturated carbocycles. The summed E-state index contributed by atoms with van der Waals surface area (Å²) in [4.78, 5) is 37.3. The molecule has 0 spiro atoms. The van der Waals surface area contributed by atoms with E-state index in [4.69, 9.17) is 0 Å². The average molecular weight is 333 g/mol. The highest BCUT2D eigenvalue weighted by molar-refractivity contribution is 6.03. The third-order valence-electron chi connectivity index (χ3n) is 4.29. The summed E-state index contributed by atoms with van der Waals surface area (Å²) in [6.45, 7) is 3.75. The summed E-state index contributed by atoms with van der Waals surface area (Å²) in [5.74, 6) is -2.78. The molecule has 0 saturated heterocycles. The molecule has 2 atom stereocenters. The Morgan fingerprint density at radius 1 is 1.08 bits per heavy atom. The van der Waals surface area contributed by atoms with Gasteiger partial charge in [0.05, 0.1) is 29.8 Å². The van der Waals surface area contributed by atoms with Gasteiger partial charge in [0.15, 0.2) is 0 Å². The number of rotatable bonds is 6. The number of hydrogen-bond acceptors (Lipinski definition) is 4. The van der Waals surface area contributed by atoms with Gasteiger partial charge < -0.3 is 20.6 Å². The lowest BCUT2D eigenvalue weighted by Gasteiger charge is -2.14. The van der Waals surface area contributed by atoms with E-state index < -0.39 is 23.2 Å². The highest BCUT2D eigenvalue weighted by Gasteiger charge is 2.65. The number of para-hydroxylation sites is 2. The SMILES string of the molecule is CN(C)CC(=O)Nc1ccccc1NC(=O)[C@@H]1[C@@H](C(=O)O)C1(C)C. The number of aliphatic carboxylic acids is 1. The van der Waals surface area contributed by atoms with Gasteiger partial charge >= 0.3 is 5.97 Å². The van der Waals surface area contributed by atoms with Gasteiger partial charge in [0.2, 0.25) is 11.8 Å². The van der Waals surface area contributed by atoms with Gasteiger partial charge in [-0.15, -0.1) is 0 Å². The number of nitrogens with one attached hydrogen (secondary N) is 2. The summed E-state index contributed by atoms with van der Waals surface area (Å²) in [5.41, 5.74) is 0.378. The molecule has 0 heterocycles. The molecule has 130 valence electrons. The van der Waals surface area contributed by atoms with Crippen LogP contribution in [0.5, 0.6) is 0 Å². The zero-order valence-electron chi connectivity index (χ0n) is 14.3. The van der Waals surface area contributed by atoms with E-state index in [-0.39, 0.29) is 18.4 Å². The first-order valence-electron chi connectivity index (χ1n) is 7.72. The summed E-state index contributed by atoms with van der Waals surface area (Å²) >= 11 is 0. The Kier molecular flexibility index (Phi) is 4.94. The van der Waals surface area contributed by atoms with Crippen LogP contribution in [-0.2, 0) is 14.4 Å². The lowest BCUT2D eigenvalue weighted by atomic mass is 10.1. The molecule has 7 heteroatoms. The normalized spacial score (nSPS) is 21.2. The molecule has 7 nitrogen and oxygen atoms in total. The lowest BCUT2D eigenvalue weighted by molar-refractivity contribution is -0.140. The standard InChI is InChI=1S/C17H23N3O4/c1-17(2)13(14(17)16(23)24)15(22)19-11-8-6-5-7-10(11)18-12(21)9-20(3)4/h5-8,13-14H,9H2,1-4H3,(H,18,21)(H,19,22)(H,23,24)/t13-,14-/m0/s1. The van der Waals surface area contributed by atoms with Crippen molar-refractivity contribution in [3.8, 4) is 0 Å². The molecule has 0 aliphatic heterocycles. The molecule has 2 amide bonds. The van der Waals surface area contributed by atoms with Crippen LogP contribution in [0, 0.1) is 17.3 Å². The topological polar surface area (TPSA) is 98.7 Å². The number of carbonyl (C=O) groups is 3. The van der Waals surface area contributed by atoms with Crippen molar-refractivity contribution in [3.05, 3.63) is 24.3 Å². The summed E-state index contributed by atoms with van der Waals surface area (Å²) in [6, 6.07) is 6.86. The van der Waals surface area contributed by atoms with Crippen molar-refractivity contribution in [2.75, 3.05) is 31.3 Å². The van der Waals surface area contributed by atoms with Crippen molar-refractivity contribution in [3.63, 3.8) is 0 Å². The lowest BCUT2D eigenvalue weighted by Crippen LogP contribution is -2.27. The molecule has 1 aromatic carbocycles. The molecule has 24 heavy (non-hydrogen) atoms. The maximum absolute atomic E-state index is 12.4. The van der Waals surface area contributed by atoms with Gasteiger partial charge in [0.1, 0.15) is 0 Å². The Morgan fingerprint density at radius 3 is 2.08 bits per heavy atom. The molecule has 1 aliphatic rings. The summed E-state index contributed by atoms with van der Waals surface area (Å²) in [7, 11) is 3.57. The van der Waals surface area contributed by atoms with Crippen molar-refractivity contribution in [1.29, 1.82) is 0 Å². The second kappa shape index (κ2) is 6.60. The number of carboxylic acids is 1. The molecule has 3 N–H and O–H groups in total. The van der Waals surface area contributed by atoms with Crippen LogP contribution in [0.2, 0.25) is 0 Å². The van der Waals surface area contributed by atoms with E-state index in [1.54, 1.807) is 57.1 Å². The zero-order valence-corrected chi connectivity index (χ0v) is 14.3. The van der Waals surface area contributed by atoms with Crippen LogP contribution in [0.15, 0.2) is 24.3 Å². The van der Waals surface area contributed by atoms with Gasteiger partial charge in [-0.1, -0.05) is 26.0 Å². The van der Waals surface area contributed by atoms with E-state index >= 15 is 0 Å². The quantitative estimate of drug-likeness (QED) is 0.732. The molecule has 0 unspecified atom stereocenters. The summed E-state index contributed by atoms with van der Waals surface area (Å²) < 4.78 is 0. The van der Waals surface area contributed by atoms with Gasteiger partial charge in [0, 0.05) is 0 Å². The van der Waals surface area contributed by atoms with E-state index in [1.807, 2.05) is 0 Å². The van der Waals surface area contributed by atoms with Gasteiger partial charge in [-0.3, -0.25) is 14.4 Å². The number of likely N-dealkylation sites (N-methyl/N-ethyl adjacent to an activating group) is 1. The van der Waals surface area contributed by atoms with Crippen LogP contribution in [0.25, 0.3) is 0 Å². The minimum absolute atomic E-state index is 0.197. The maximum atomic E-state index is 12.4. The predicted octanol–water partition coefficient (Wildman–Crippen LogP) is 1.48. The van der Waals surface area contributed by atoms with Crippen LogP contribution >= 0.6 is 0 Å². The van der Waals surface area contributed by atoms with E-state index in [0.717, 1.165) is 0 Å². The smallest absolute Gasteiger partial charge is 0.307 e. The summed E-state index contributed by atoms with van der Waals surface area (Å²) in [5, 5.41) is 14.7. The average Bonchev–Trinajstić information content (AvgIpc) is 3.03. The highest BCUT2D eigenvalue weighted by Crippen LogP contribution is 2.58. The Balaban J connectivity index is 2.09. The maximum Gasteiger partial charge on any atom is 0.307 e. The van der Waals surface area contributed by atoms with E-state index in [9.17, 15) is 19.5 Å². The third-order valence-corrected chi connectivity index (χ3v) is 4.29. The molecule has 2 rings (SSSR count). The van der Waals surface area contributed by atoms with Gasteiger partial charge in [0.25, 0.3) is 0 Å². The number of carbonyl (C=O) groups excluding carboxylic acids is 2. The molecule has 0 aromatic heterocycles. The van der Waals surface area contributed by atoms with E-state index in [1.165, 1.54) is 0 Å². The first-order chi connectivity index (χ1) is 11.1. The fourth-order valence-electron chi connectivity index (χ4n) is 2.98. The Morgan fingerprint density at radius 2 is 1.62 bits per heavy atom. The van der Waals surface area contributed by atoms with Crippen molar-refractivity contribution in [2.45, 2.75) is 13.8 Å². The first kappa shape index (κ1) is 17.9. The van der Waals surface area contributed by atoms with Crippen molar-refractivity contribution in [2.24, 2.45) is 17.3 Å². The van der Waals surface area contributed by atoms with Crippen molar-refractivity contribution < 1.29 is 19.5 Å². The fraction of sp³-hybridized carbons (Fsp3) is 0.471. The number of carboxylic acid groups (broad SMARTS) is 1. The zero-order chi connectivity index (χ0) is 18.1. The highest BCUT2D eigenvalue weighted by atomic mass is 16.4. The third kappa shape index (κ3) is 3.73. The largest absolute Gasteiger partial charge is 0.481 e. The van der Waals surface area contributed by atoms with Crippen LogP contribution in [-0.4, -0.2) is 48.4 Å². The van der Waals surface area contributed by atoms with E-state index in [0.29, 0.717) is 11.4 Å². The molecular formula is C17H23N3O4. The van der Waals surface area contributed by atoms with Crippen LogP contribution in [0.1, 0.15) is 13.8 Å². The van der Waals surface area contributed by atoms with E-state index in [2.05, 4.69) is 10.6 Å². The number of amides is 2. The molecule has 1 aliphatic carbocycles. The Bertz CT molecular complexity index is 670. The Hall–Kier alpha value is -2.41. The van der Waals surface area contributed by atoms with Crippen LogP contribution in [0.3, 0.4) is 0 Å². The van der Waals surface area contributed by atoms with Gasteiger partial charge in [-0.2, -0.15) is 0 Å².